The Bertz CT molecular complexity index is 2350. The number of aliphatic hydroxyl groups excluding tert-OH is 1. The molecule has 0 spiro atoms. The molecule has 696 valence electrons. The van der Waals surface area contributed by atoms with Crippen molar-refractivity contribution in [3.8, 4) is 0 Å². The van der Waals surface area contributed by atoms with Crippen LogP contribution < -0.4 is 10.6 Å². The van der Waals surface area contributed by atoms with Gasteiger partial charge in [-0.15, -0.1) is 0 Å². The van der Waals surface area contributed by atoms with Crippen molar-refractivity contribution in [1.29, 1.82) is 0 Å². The molecule has 0 aliphatic carbocycles. The third-order valence-corrected chi connectivity index (χ3v) is 24.4. The van der Waals surface area contributed by atoms with E-state index in [-0.39, 0.29) is 57.1 Å². The molecule has 0 radical (unpaired) electrons. The number of unbranched alkanes of at least 4 members (excludes halogenated alkanes) is 60. The van der Waals surface area contributed by atoms with Crippen LogP contribution >= 0.6 is 7.82 Å². The van der Waals surface area contributed by atoms with Gasteiger partial charge in [-0.2, -0.15) is 0 Å². The number of nitrogens with one attached hydrogen (secondary N) is 2. The van der Waals surface area contributed by atoms with Crippen molar-refractivity contribution >= 4 is 43.5 Å². The highest BCUT2D eigenvalue weighted by molar-refractivity contribution is 7.46. The maximum Gasteiger partial charge on any atom is 0.470 e. The van der Waals surface area contributed by atoms with Crippen LogP contribution in [-0.4, -0.2) is 119 Å². The van der Waals surface area contributed by atoms with E-state index in [1.165, 1.54) is 250 Å². The maximum absolute atomic E-state index is 15.0. The van der Waals surface area contributed by atoms with Gasteiger partial charge in [-0.1, -0.05) is 427 Å². The quantitative estimate of drug-likeness (QED) is 0.0164. The van der Waals surface area contributed by atoms with E-state index in [1.54, 1.807) is 0 Å². The lowest BCUT2D eigenvalue weighted by Gasteiger charge is -2.45. The van der Waals surface area contributed by atoms with Gasteiger partial charge in [0.05, 0.1) is 32.5 Å². The summed E-state index contributed by atoms with van der Waals surface area (Å²) in [7, 11) is -5.48. The highest BCUT2D eigenvalue weighted by Gasteiger charge is 2.52. The fourth-order valence-electron chi connectivity index (χ4n) is 16.5. The van der Waals surface area contributed by atoms with E-state index in [1.807, 2.05) is 0 Å². The van der Waals surface area contributed by atoms with Gasteiger partial charge in [-0.05, 0) is 57.8 Å². The molecule has 118 heavy (non-hydrogen) atoms. The van der Waals surface area contributed by atoms with Crippen molar-refractivity contribution in [1.82, 2.24) is 10.6 Å². The van der Waals surface area contributed by atoms with Gasteiger partial charge in [-0.25, -0.2) is 4.57 Å². The first-order valence-electron chi connectivity index (χ1n) is 50.5. The van der Waals surface area contributed by atoms with Crippen molar-refractivity contribution < 1.29 is 81.2 Å². The fourth-order valence-corrected chi connectivity index (χ4v) is 17.1. The predicted molar refractivity (Wildman–Crippen MR) is 483 cm³/mol. The number of carbonyl (C=O) groups is 6. The molecule has 1 saturated heterocycles. The molecule has 1 unspecified atom stereocenters. The summed E-state index contributed by atoms with van der Waals surface area (Å²) in [6.07, 6.45) is 66.4. The predicted octanol–water partition coefficient (Wildman–Crippen LogP) is 26.8. The lowest BCUT2D eigenvalue weighted by atomic mass is 9.96. The van der Waals surface area contributed by atoms with Crippen LogP contribution in [-0.2, 0) is 66.3 Å². The number of hydrogen-bond acceptors (Lipinski definition) is 15. The molecule has 1 fully saturated rings. The van der Waals surface area contributed by atoms with Crippen LogP contribution in [0.2, 0.25) is 0 Å². The third-order valence-electron chi connectivity index (χ3n) is 23.8. The van der Waals surface area contributed by atoms with E-state index < -0.39 is 93.6 Å². The van der Waals surface area contributed by atoms with Crippen LogP contribution in [0.1, 0.15) is 523 Å². The summed E-state index contributed by atoms with van der Waals surface area (Å²) in [6.45, 7) is 12.1. The van der Waals surface area contributed by atoms with Gasteiger partial charge in [0.1, 0.15) is 36.6 Å². The lowest BCUT2D eigenvalue weighted by Crippen LogP contribution is -2.66. The Hall–Kier alpha value is -3.19. The molecule has 1 heterocycles. The van der Waals surface area contributed by atoms with E-state index in [4.69, 9.17) is 32.9 Å². The number of esters is 4. The molecule has 19 nitrogen and oxygen atoms in total. The SMILES string of the molecule is CCCCCCCCCCCCCCCCCC(=O)O[C@H](CCCCCCCCCCC)CC(=O)N[C@H]1C(OCCNC(=O)C[C@@H](CCCCCCCCCCC)OC(=O)CCCCCCCCCCCCCCC)O[C@H](CO)[C@@H](OP(=O)(O)O)[C@@H]1OC(=O)C[C@@H](CCCCCCCCCCC)OC(=O)CCCCCCCCCCCCC. The molecule has 2 amide bonds. The maximum atomic E-state index is 15.0. The Morgan fingerprint density at radius 1 is 0.331 bits per heavy atom. The van der Waals surface area contributed by atoms with E-state index in [2.05, 4.69) is 52.2 Å². The molecular weight excluding hydrogens is 1510 g/mol. The molecule has 0 saturated carbocycles. The largest absolute Gasteiger partial charge is 0.470 e. The average Bonchev–Trinajstić information content (AvgIpc) is 0.780. The number of amides is 2. The number of aliphatic hydroxyl groups is 1. The fraction of sp³-hybridized carbons (Fsp3) is 0.939. The minimum Gasteiger partial charge on any atom is -0.462 e. The summed E-state index contributed by atoms with van der Waals surface area (Å²) in [5, 5.41) is 16.9. The normalized spacial score (nSPS) is 16.4. The first-order chi connectivity index (χ1) is 57.5. The monoisotopic (exact) mass is 1700 g/mol. The molecule has 0 bridgehead atoms. The summed E-state index contributed by atoms with van der Waals surface area (Å²) in [6, 6.07) is -1.58. The number of carbonyl (C=O) groups excluding carboxylic acids is 6. The Balaban J connectivity index is 3.65. The number of phosphoric acid groups is 1. The minimum atomic E-state index is -5.48. The first-order valence-corrected chi connectivity index (χ1v) is 52.0. The second kappa shape index (κ2) is 83.4. The van der Waals surface area contributed by atoms with Crippen molar-refractivity contribution in [2.24, 2.45) is 0 Å². The highest BCUT2D eigenvalue weighted by atomic mass is 31.2. The van der Waals surface area contributed by atoms with Crippen LogP contribution in [0.3, 0.4) is 0 Å². The van der Waals surface area contributed by atoms with Crippen molar-refractivity contribution in [2.75, 3.05) is 19.8 Å². The van der Waals surface area contributed by atoms with Crippen molar-refractivity contribution in [3.05, 3.63) is 0 Å². The van der Waals surface area contributed by atoms with Gasteiger partial charge in [-0.3, -0.25) is 33.3 Å². The standard InChI is InChI=1S/C98H187N2O17P/c1-7-13-19-25-31-37-40-42-43-45-48-54-60-65-71-77-92(105)113-86(74-68-62-56-50-35-29-23-17-11-5)82-90(103)100-95-97(116-94(107)83-87(75-69-63-57-51-36-30-24-18-12-6)114-93(106)78-72-66-58-52-46-39-33-27-21-15-9-3)96(117-118(108,109)110)88(84-101)115-98(95)111-80-79-99-89(102)81-85(73-67-61-55-49-34-28-22-16-10-4)112-91(104)76-70-64-59-53-47-44-41-38-32-26-20-14-8-2/h85-88,95-98,101H,7-84H2,1-6H3,(H,99,102)(H,100,103)(H2,108,109,110)/t85-,86-,87-,88-,95-,96-,97-,98?/m1/s1. The van der Waals surface area contributed by atoms with E-state index >= 15 is 0 Å². The average molecular weight is 1700 g/mol. The number of phosphoric ester groups is 1. The van der Waals surface area contributed by atoms with E-state index in [0.717, 1.165) is 148 Å². The third kappa shape index (κ3) is 71.1. The van der Waals surface area contributed by atoms with Crippen LogP contribution in [0.5, 0.6) is 0 Å². The van der Waals surface area contributed by atoms with Crippen molar-refractivity contribution in [2.45, 2.75) is 572 Å². The minimum absolute atomic E-state index is 0.0783. The Morgan fingerprint density at radius 3 is 0.856 bits per heavy atom. The van der Waals surface area contributed by atoms with Gasteiger partial charge >= 0.3 is 31.7 Å². The molecule has 5 N–H and O–H groups in total. The van der Waals surface area contributed by atoms with Crippen LogP contribution in [0.25, 0.3) is 0 Å². The number of hydrogen-bond donors (Lipinski definition) is 5. The summed E-state index contributed by atoms with van der Waals surface area (Å²) in [5.74, 6) is -3.13. The number of ether oxygens (including phenoxy) is 6. The van der Waals surface area contributed by atoms with Gasteiger partial charge in [0.15, 0.2) is 12.4 Å². The Morgan fingerprint density at radius 2 is 0.585 bits per heavy atom. The van der Waals surface area contributed by atoms with E-state index in [0.29, 0.717) is 44.9 Å². The molecule has 0 aromatic carbocycles. The summed E-state index contributed by atoms with van der Waals surface area (Å²) in [5.41, 5.74) is 0. The van der Waals surface area contributed by atoms with Gasteiger partial charge < -0.3 is 53.9 Å². The molecule has 8 atom stereocenters. The molecule has 20 heteroatoms. The van der Waals surface area contributed by atoms with E-state index in [9.17, 15) is 48.2 Å². The smallest absolute Gasteiger partial charge is 0.462 e. The molecule has 0 aromatic rings. The second-order valence-corrected chi connectivity index (χ2v) is 36.5. The zero-order chi connectivity index (χ0) is 86.1. The van der Waals surface area contributed by atoms with Crippen molar-refractivity contribution in [3.63, 3.8) is 0 Å². The molecule has 0 aromatic heterocycles. The molecule has 1 aliphatic rings. The van der Waals surface area contributed by atoms with Crippen LogP contribution in [0.4, 0.5) is 0 Å². The summed E-state index contributed by atoms with van der Waals surface area (Å²) in [4.78, 5) is 106. The second-order valence-electron chi connectivity index (χ2n) is 35.3. The van der Waals surface area contributed by atoms with Crippen LogP contribution in [0.15, 0.2) is 0 Å². The molecule has 1 rings (SSSR count). The van der Waals surface area contributed by atoms with Gasteiger partial charge in [0, 0.05) is 25.8 Å². The molecule has 1 aliphatic heterocycles. The van der Waals surface area contributed by atoms with Gasteiger partial charge in [0.2, 0.25) is 11.8 Å². The summed E-state index contributed by atoms with van der Waals surface area (Å²) >= 11 is 0. The van der Waals surface area contributed by atoms with Gasteiger partial charge in [0.25, 0.3) is 0 Å². The molecular formula is C98H187N2O17P. The Kier molecular flexibility index (Phi) is 79.7. The number of rotatable bonds is 90. The first kappa shape index (κ1) is 113. The van der Waals surface area contributed by atoms with Crippen LogP contribution in [0, 0.1) is 0 Å². The zero-order valence-corrected chi connectivity index (χ0v) is 78.2. The topological polar surface area (TPSA) is 269 Å². The summed E-state index contributed by atoms with van der Waals surface area (Å²) < 4.78 is 55.9. The zero-order valence-electron chi connectivity index (χ0n) is 77.3. The highest BCUT2D eigenvalue weighted by Crippen LogP contribution is 2.43. The lowest BCUT2D eigenvalue weighted by molar-refractivity contribution is -0.270. The Labute approximate surface area is 723 Å².